The van der Waals surface area contributed by atoms with Gasteiger partial charge in [-0.3, -0.25) is 9.79 Å². The Morgan fingerprint density at radius 2 is 1.43 bits per heavy atom. The lowest BCUT2D eigenvalue weighted by Crippen LogP contribution is -2.30. The number of aromatic nitrogens is 2. The second kappa shape index (κ2) is 13.5. The number of ether oxygens (including phenoxy) is 1. The van der Waals surface area contributed by atoms with Gasteiger partial charge in [0, 0.05) is 28.7 Å². The molecule has 4 aromatic carbocycles. The summed E-state index contributed by atoms with van der Waals surface area (Å²) in [6.07, 6.45) is -4.07. The molecule has 2 aromatic heterocycles. The van der Waals surface area contributed by atoms with E-state index in [2.05, 4.69) is 10.3 Å². The van der Waals surface area contributed by atoms with Crippen molar-refractivity contribution >= 4 is 11.7 Å². The van der Waals surface area contributed by atoms with Gasteiger partial charge < -0.3 is 13.8 Å². The highest BCUT2D eigenvalue weighted by Gasteiger charge is 2.47. The van der Waals surface area contributed by atoms with Crippen LogP contribution in [0.3, 0.4) is 0 Å². The van der Waals surface area contributed by atoms with Crippen molar-refractivity contribution in [2.75, 3.05) is 6.61 Å². The van der Waals surface area contributed by atoms with E-state index in [1.54, 1.807) is 25.1 Å². The highest BCUT2D eigenvalue weighted by molar-refractivity contribution is 6.13. The monoisotopic (exact) mass is 689 g/mol. The van der Waals surface area contributed by atoms with Gasteiger partial charge in [0.15, 0.2) is 17.2 Å². The van der Waals surface area contributed by atoms with E-state index in [0.717, 1.165) is 22.3 Å². The van der Waals surface area contributed by atoms with Crippen LogP contribution in [-0.4, -0.2) is 28.6 Å². The number of hydrogen-bond acceptors (Lipinski definition) is 7. The van der Waals surface area contributed by atoms with Gasteiger partial charge in [0.05, 0.1) is 29.3 Å². The fourth-order valence-electron chi connectivity index (χ4n) is 6.91. The highest BCUT2D eigenvalue weighted by Crippen LogP contribution is 2.52. The summed E-state index contributed by atoms with van der Waals surface area (Å²) in [6.45, 7) is 5.81. The van der Waals surface area contributed by atoms with Crippen LogP contribution < -0.4 is 0 Å². The van der Waals surface area contributed by atoms with Gasteiger partial charge in [0.25, 0.3) is 0 Å². The summed E-state index contributed by atoms with van der Waals surface area (Å²) in [5, 5.41) is 8.39. The predicted molar refractivity (Wildman–Crippen MR) is 187 cm³/mol. The van der Waals surface area contributed by atoms with E-state index in [0.29, 0.717) is 29.0 Å². The van der Waals surface area contributed by atoms with Crippen LogP contribution in [0.2, 0.25) is 0 Å². The molecule has 0 bridgehead atoms. The van der Waals surface area contributed by atoms with Crippen LogP contribution in [0, 0.1) is 0 Å². The smallest absolute Gasteiger partial charge is 0.422 e. The fraction of sp³-hybridized carbons (Fsp3) is 0.220. The SMILES string of the molecule is CCOC(=O)C(CC)c1ccc2c(c1)CC(C)(N=C(c1ccccc1)c1ccccc1)c1c-2noc1-c1noc(-c2ccccc2)c1C(F)(F)F. The molecule has 0 N–H and O–H groups in total. The first-order valence-electron chi connectivity index (χ1n) is 16.8. The van der Waals surface area contributed by atoms with E-state index in [4.69, 9.17) is 18.8 Å². The minimum Gasteiger partial charge on any atom is -0.466 e. The van der Waals surface area contributed by atoms with E-state index < -0.39 is 34.7 Å². The molecule has 7 rings (SSSR count). The van der Waals surface area contributed by atoms with E-state index in [9.17, 15) is 18.0 Å². The van der Waals surface area contributed by atoms with Gasteiger partial charge in [-0.1, -0.05) is 126 Å². The van der Waals surface area contributed by atoms with Crippen molar-refractivity contribution in [3.63, 3.8) is 0 Å². The number of aliphatic imine (C=N–C) groups is 1. The number of rotatable bonds is 9. The second-order valence-electron chi connectivity index (χ2n) is 12.6. The molecule has 0 saturated carbocycles. The maximum atomic E-state index is 15.0. The molecule has 1 aliphatic carbocycles. The van der Waals surface area contributed by atoms with Crippen molar-refractivity contribution in [3.05, 3.63) is 143 Å². The molecule has 0 amide bonds. The number of alkyl halides is 3. The van der Waals surface area contributed by atoms with Crippen LogP contribution in [-0.2, 0) is 27.7 Å². The number of carbonyl (C=O) groups is 1. The third kappa shape index (κ3) is 6.26. The highest BCUT2D eigenvalue weighted by atomic mass is 19.4. The number of carbonyl (C=O) groups excluding carboxylic acids is 1. The van der Waals surface area contributed by atoms with Crippen LogP contribution in [0.1, 0.15) is 66.5 Å². The lowest BCUT2D eigenvalue weighted by molar-refractivity contribution is -0.145. The minimum atomic E-state index is -4.84. The lowest BCUT2D eigenvalue weighted by atomic mass is 9.75. The quantitative estimate of drug-likeness (QED) is 0.111. The van der Waals surface area contributed by atoms with Crippen LogP contribution in [0.25, 0.3) is 34.0 Å². The molecule has 0 spiro atoms. The third-order valence-corrected chi connectivity index (χ3v) is 9.21. The minimum absolute atomic E-state index is 0.178. The van der Waals surface area contributed by atoms with Gasteiger partial charge in [-0.15, -0.1) is 0 Å². The zero-order valence-corrected chi connectivity index (χ0v) is 28.2. The van der Waals surface area contributed by atoms with Crippen molar-refractivity contribution in [2.45, 2.75) is 51.2 Å². The van der Waals surface area contributed by atoms with Crippen molar-refractivity contribution < 1.29 is 31.7 Å². The normalized spacial score (nSPS) is 15.8. The summed E-state index contributed by atoms with van der Waals surface area (Å²) in [5.74, 6) is -1.42. The molecular formula is C41H34F3N3O4. The van der Waals surface area contributed by atoms with Crippen molar-refractivity contribution in [1.29, 1.82) is 0 Å². The van der Waals surface area contributed by atoms with Crippen molar-refractivity contribution in [2.24, 2.45) is 4.99 Å². The molecule has 51 heavy (non-hydrogen) atoms. The Balaban J connectivity index is 1.49. The zero-order chi connectivity index (χ0) is 35.8. The van der Waals surface area contributed by atoms with Gasteiger partial charge in [0.1, 0.15) is 11.3 Å². The van der Waals surface area contributed by atoms with Gasteiger partial charge in [0.2, 0.25) is 0 Å². The van der Waals surface area contributed by atoms with Crippen LogP contribution in [0.4, 0.5) is 13.2 Å². The molecular weight excluding hydrogens is 655 g/mol. The van der Waals surface area contributed by atoms with E-state index in [1.165, 1.54) is 12.1 Å². The molecule has 2 atom stereocenters. The molecule has 0 saturated heterocycles. The molecule has 2 unspecified atom stereocenters. The zero-order valence-electron chi connectivity index (χ0n) is 28.2. The number of fused-ring (bicyclic) bond motifs is 3. The van der Waals surface area contributed by atoms with Crippen molar-refractivity contribution in [1.82, 2.24) is 10.3 Å². The number of nitrogens with zero attached hydrogens (tertiary/aromatic N) is 3. The number of esters is 1. The Morgan fingerprint density at radius 1 is 0.843 bits per heavy atom. The molecule has 258 valence electrons. The maximum Gasteiger partial charge on any atom is 0.422 e. The van der Waals surface area contributed by atoms with Crippen molar-refractivity contribution in [3.8, 4) is 34.0 Å². The topological polar surface area (TPSA) is 90.7 Å². The lowest BCUT2D eigenvalue weighted by Gasteiger charge is -2.33. The van der Waals surface area contributed by atoms with Gasteiger partial charge in [-0.2, -0.15) is 13.2 Å². The van der Waals surface area contributed by atoms with Crippen LogP contribution >= 0.6 is 0 Å². The molecule has 1 aliphatic rings. The van der Waals surface area contributed by atoms with Crippen LogP contribution in [0.15, 0.2) is 123 Å². The largest absolute Gasteiger partial charge is 0.466 e. The Kier molecular flexibility index (Phi) is 8.93. The Morgan fingerprint density at radius 3 is 2.02 bits per heavy atom. The van der Waals surface area contributed by atoms with Gasteiger partial charge in [-0.25, -0.2) is 0 Å². The summed E-state index contributed by atoms with van der Waals surface area (Å²) >= 11 is 0. The Bertz CT molecular complexity index is 2170. The Hall–Kier alpha value is -5.77. The predicted octanol–water partition coefficient (Wildman–Crippen LogP) is 10.0. The summed E-state index contributed by atoms with van der Waals surface area (Å²) in [4.78, 5) is 18.3. The second-order valence-corrected chi connectivity index (χ2v) is 12.6. The van der Waals surface area contributed by atoms with Crippen LogP contribution in [0.5, 0.6) is 0 Å². The summed E-state index contributed by atoms with van der Waals surface area (Å²) < 4.78 is 61.6. The summed E-state index contributed by atoms with van der Waals surface area (Å²) in [7, 11) is 0. The van der Waals surface area contributed by atoms with E-state index >= 15 is 0 Å². The van der Waals surface area contributed by atoms with E-state index in [1.807, 2.05) is 92.7 Å². The average Bonchev–Trinajstić information content (AvgIpc) is 3.79. The standard InChI is InChI=1S/C41H34F3N3O4/c1-4-30(39(48)49-5-2)28-21-22-31-29(23-28)24-40(3,45-34(25-15-9-6-10-16-25)26-17-11-7-12-18-26)32-35(31)46-51-38(32)36-33(41(42,43)44)37(50-47-36)27-19-13-8-14-20-27/h6-23,30H,4-5,24H2,1-3H3. The molecule has 2 heterocycles. The third-order valence-electron chi connectivity index (χ3n) is 9.21. The Labute approximate surface area is 292 Å². The van der Waals surface area contributed by atoms with E-state index in [-0.39, 0.29) is 30.3 Å². The first kappa shape index (κ1) is 33.7. The summed E-state index contributed by atoms with van der Waals surface area (Å²) in [5.41, 5.74) is 2.63. The van der Waals surface area contributed by atoms with Gasteiger partial charge in [-0.05, 0) is 31.4 Å². The molecule has 0 radical (unpaired) electrons. The average molecular weight is 690 g/mol. The molecule has 0 aliphatic heterocycles. The number of hydrogen-bond donors (Lipinski definition) is 0. The maximum absolute atomic E-state index is 15.0. The number of halogens is 3. The first-order chi connectivity index (χ1) is 24.6. The first-order valence-corrected chi connectivity index (χ1v) is 16.8. The summed E-state index contributed by atoms with van der Waals surface area (Å²) in [6, 6.07) is 32.8. The number of benzene rings is 4. The molecule has 6 aromatic rings. The fourth-order valence-corrected chi connectivity index (χ4v) is 6.91. The molecule has 0 fully saturated rings. The molecule has 7 nitrogen and oxygen atoms in total. The van der Waals surface area contributed by atoms with Gasteiger partial charge >= 0.3 is 12.1 Å². The molecule has 10 heteroatoms.